The number of ketones is 1. The third-order valence-corrected chi connectivity index (χ3v) is 3.01. The van der Waals surface area contributed by atoms with Gasteiger partial charge in [-0.25, -0.2) is 4.39 Å². The normalized spacial score (nSPS) is 11.6. The van der Waals surface area contributed by atoms with Crippen LogP contribution in [0.3, 0.4) is 0 Å². The molecule has 0 fully saturated rings. The number of halogens is 1. The second-order valence-electron chi connectivity index (χ2n) is 4.84. The lowest BCUT2D eigenvalue weighted by Gasteiger charge is -2.15. The molecule has 0 saturated heterocycles. The van der Waals surface area contributed by atoms with Crippen molar-refractivity contribution in [1.82, 2.24) is 0 Å². The van der Waals surface area contributed by atoms with Gasteiger partial charge in [-0.3, -0.25) is 9.59 Å². The maximum atomic E-state index is 13.1. The summed E-state index contributed by atoms with van der Waals surface area (Å²) < 4.78 is 18.5. The second kappa shape index (κ2) is 6.85. The summed E-state index contributed by atoms with van der Waals surface area (Å²) in [6.07, 6.45) is -0.803. The summed E-state index contributed by atoms with van der Waals surface area (Å²) in [7, 11) is 0. The monoisotopic (exact) mass is 301 g/mol. The minimum atomic E-state index is -0.803. The lowest BCUT2D eigenvalue weighted by Crippen LogP contribution is -2.30. The number of ether oxygens (including phenoxy) is 1. The zero-order valence-corrected chi connectivity index (χ0v) is 12.3. The number of Topliss-reactive ketones (excluding diaryl/α,β-unsaturated/α-hetero) is 1. The van der Waals surface area contributed by atoms with Crippen LogP contribution >= 0.6 is 0 Å². The molecular weight excluding hydrogens is 285 g/mol. The molecule has 4 nitrogen and oxygen atoms in total. The highest BCUT2D eigenvalue weighted by Gasteiger charge is 2.15. The van der Waals surface area contributed by atoms with Crippen molar-refractivity contribution in [3.8, 4) is 5.75 Å². The van der Waals surface area contributed by atoms with Gasteiger partial charge in [0.05, 0.1) is 0 Å². The Labute approximate surface area is 127 Å². The predicted octanol–water partition coefficient (Wildman–Crippen LogP) is 3.43. The van der Waals surface area contributed by atoms with Crippen LogP contribution in [-0.4, -0.2) is 17.8 Å². The summed E-state index contributed by atoms with van der Waals surface area (Å²) in [6.45, 7) is 3.02. The van der Waals surface area contributed by atoms with Crippen LogP contribution in [0.5, 0.6) is 5.75 Å². The van der Waals surface area contributed by atoms with Crippen molar-refractivity contribution < 1.29 is 18.7 Å². The zero-order valence-electron chi connectivity index (χ0n) is 12.3. The van der Waals surface area contributed by atoms with E-state index in [9.17, 15) is 14.0 Å². The number of hydrogen-bond acceptors (Lipinski definition) is 3. The van der Waals surface area contributed by atoms with Crippen molar-refractivity contribution >= 4 is 17.4 Å². The maximum absolute atomic E-state index is 13.1. The first kappa shape index (κ1) is 15.7. The van der Waals surface area contributed by atoms with Gasteiger partial charge in [-0.2, -0.15) is 0 Å². The largest absolute Gasteiger partial charge is 0.481 e. The van der Waals surface area contributed by atoms with Gasteiger partial charge in [0.15, 0.2) is 11.9 Å². The first-order valence-electron chi connectivity index (χ1n) is 6.80. The number of benzene rings is 2. The first-order chi connectivity index (χ1) is 10.5. The Kier molecular flexibility index (Phi) is 4.88. The standard InChI is InChI=1S/C17H16FNO3/c1-11(20)13-5-3-7-15(9-13)19-17(21)12(2)22-16-8-4-6-14(18)10-16/h3-10,12H,1-2H3,(H,19,21)/t12-/m1/s1. The van der Waals surface area contributed by atoms with Crippen LogP contribution < -0.4 is 10.1 Å². The molecule has 0 saturated carbocycles. The molecule has 0 bridgehead atoms. The van der Waals surface area contributed by atoms with Crippen LogP contribution in [0.4, 0.5) is 10.1 Å². The molecule has 1 atom stereocenters. The van der Waals surface area contributed by atoms with Crippen LogP contribution in [0.2, 0.25) is 0 Å². The predicted molar refractivity (Wildman–Crippen MR) is 81.6 cm³/mol. The fourth-order valence-corrected chi connectivity index (χ4v) is 1.86. The van der Waals surface area contributed by atoms with Gasteiger partial charge in [-0.05, 0) is 38.1 Å². The van der Waals surface area contributed by atoms with Crippen molar-refractivity contribution in [2.24, 2.45) is 0 Å². The zero-order chi connectivity index (χ0) is 16.1. The summed E-state index contributed by atoms with van der Waals surface area (Å²) >= 11 is 0. The Morgan fingerprint density at radius 1 is 1.14 bits per heavy atom. The molecule has 0 aliphatic heterocycles. The van der Waals surface area contributed by atoms with Crippen molar-refractivity contribution in [2.45, 2.75) is 20.0 Å². The van der Waals surface area contributed by atoms with E-state index in [1.165, 1.54) is 25.1 Å². The van der Waals surface area contributed by atoms with E-state index in [1.54, 1.807) is 37.3 Å². The SMILES string of the molecule is CC(=O)c1cccc(NC(=O)[C@@H](C)Oc2cccc(F)c2)c1. The molecule has 0 aromatic heterocycles. The molecule has 0 spiro atoms. The van der Waals surface area contributed by atoms with E-state index < -0.39 is 11.9 Å². The summed E-state index contributed by atoms with van der Waals surface area (Å²) in [5, 5.41) is 2.66. The number of rotatable bonds is 5. The van der Waals surface area contributed by atoms with Crippen molar-refractivity contribution in [2.75, 3.05) is 5.32 Å². The van der Waals surface area contributed by atoms with Crippen LogP contribution in [0.25, 0.3) is 0 Å². The van der Waals surface area contributed by atoms with E-state index in [1.807, 2.05) is 0 Å². The smallest absolute Gasteiger partial charge is 0.265 e. The van der Waals surface area contributed by atoms with E-state index in [4.69, 9.17) is 4.74 Å². The lowest BCUT2D eigenvalue weighted by molar-refractivity contribution is -0.122. The van der Waals surface area contributed by atoms with Crippen molar-refractivity contribution in [3.05, 3.63) is 59.9 Å². The molecule has 0 radical (unpaired) electrons. The third kappa shape index (κ3) is 4.15. The molecule has 1 amide bonds. The van der Waals surface area contributed by atoms with Crippen LogP contribution in [-0.2, 0) is 4.79 Å². The van der Waals surface area contributed by atoms with Gasteiger partial charge in [-0.15, -0.1) is 0 Å². The number of carbonyl (C=O) groups excluding carboxylic acids is 2. The Balaban J connectivity index is 2.02. The van der Waals surface area contributed by atoms with E-state index in [0.717, 1.165) is 0 Å². The first-order valence-corrected chi connectivity index (χ1v) is 6.80. The molecule has 2 aromatic rings. The summed E-state index contributed by atoms with van der Waals surface area (Å²) in [5.74, 6) is -0.621. The van der Waals surface area contributed by atoms with Crippen molar-refractivity contribution in [1.29, 1.82) is 0 Å². The van der Waals surface area contributed by atoms with Gasteiger partial charge in [0.1, 0.15) is 11.6 Å². The Hall–Kier alpha value is -2.69. The van der Waals surface area contributed by atoms with Gasteiger partial charge < -0.3 is 10.1 Å². The molecule has 1 N–H and O–H groups in total. The van der Waals surface area contributed by atoms with E-state index >= 15 is 0 Å². The molecule has 0 aliphatic rings. The summed E-state index contributed by atoms with van der Waals surface area (Å²) in [4.78, 5) is 23.4. The molecular formula is C17H16FNO3. The number of nitrogens with one attached hydrogen (secondary N) is 1. The Bertz CT molecular complexity index is 700. The second-order valence-corrected chi connectivity index (χ2v) is 4.84. The average molecular weight is 301 g/mol. The Morgan fingerprint density at radius 2 is 1.86 bits per heavy atom. The minimum absolute atomic E-state index is 0.0832. The lowest BCUT2D eigenvalue weighted by atomic mass is 10.1. The molecule has 0 heterocycles. The van der Waals surface area contributed by atoms with Crippen molar-refractivity contribution in [3.63, 3.8) is 0 Å². The molecule has 5 heteroatoms. The number of anilines is 1. The quantitative estimate of drug-likeness (QED) is 0.861. The molecule has 22 heavy (non-hydrogen) atoms. The fourth-order valence-electron chi connectivity index (χ4n) is 1.86. The Morgan fingerprint density at radius 3 is 2.55 bits per heavy atom. The number of hydrogen-bond donors (Lipinski definition) is 1. The summed E-state index contributed by atoms with van der Waals surface area (Å²) in [5.41, 5.74) is 1.02. The maximum Gasteiger partial charge on any atom is 0.265 e. The molecule has 2 aromatic carbocycles. The molecule has 0 unspecified atom stereocenters. The van der Waals surface area contributed by atoms with Crippen LogP contribution in [0.15, 0.2) is 48.5 Å². The topological polar surface area (TPSA) is 55.4 Å². The highest BCUT2D eigenvalue weighted by Crippen LogP contribution is 2.16. The fraction of sp³-hybridized carbons (Fsp3) is 0.176. The summed E-state index contributed by atoms with van der Waals surface area (Å²) in [6, 6.07) is 12.2. The molecule has 2 rings (SSSR count). The van der Waals surface area contributed by atoms with E-state index in [-0.39, 0.29) is 17.4 Å². The van der Waals surface area contributed by atoms with Gasteiger partial charge in [0, 0.05) is 17.3 Å². The number of carbonyl (C=O) groups is 2. The van der Waals surface area contributed by atoms with Gasteiger partial charge >= 0.3 is 0 Å². The van der Waals surface area contributed by atoms with E-state index in [2.05, 4.69) is 5.32 Å². The highest BCUT2D eigenvalue weighted by atomic mass is 19.1. The van der Waals surface area contributed by atoms with Gasteiger partial charge in [0.2, 0.25) is 0 Å². The van der Waals surface area contributed by atoms with Crippen LogP contribution in [0.1, 0.15) is 24.2 Å². The molecule has 114 valence electrons. The number of amides is 1. The highest BCUT2D eigenvalue weighted by molar-refractivity contribution is 5.98. The molecule has 0 aliphatic carbocycles. The average Bonchev–Trinajstić information content (AvgIpc) is 2.47. The van der Waals surface area contributed by atoms with Gasteiger partial charge in [0.25, 0.3) is 5.91 Å². The van der Waals surface area contributed by atoms with E-state index in [0.29, 0.717) is 11.3 Å². The van der Waals surface area contributed by atoms with Crippen LogP contribution in [0, 0.1) is 5.82 Å². The third-order valence-electron chi connectivity index (χ3n) is 3.01. The minimum Gasteiger partial charge on any atom is -0.481 e. The van der Waals surface area contributed by atoms with Gasteiger partial charge in [-0.1, -0.05) is 18.2 Å².